The van der Waals surface area contributed by atoms with E-state index in [0.717, 1.165) is 19.6 Å². The Kier molecular flexibility index (Phi) is 3.30. The second-order valence-electron chi connectivity index (χ2n) is 3.49. The van der Waals surface area contributed by atoms with E-state index in [0.29, 0.717) is 0 Å². The molecule has 1 fully saturated rings. The lowest BCUT2D eigenvalue weighted by atomic mass is 10.4. The third kappa shape index (κ3) is 2.77. The molecule has 0 aromatic heterocycles. The van der Waals surface area contributed by atoms with Crippen molar-refractivity contribution in [2.24, 2.45) is 0 Å². The Balaban J connectivity index is 2.22. The van der Waals surface area contributed by atoms with Gasteiger partial charge in [0.15, 0.2) is 0 Å². The molecule has 1 unspecified atom stereocenters. The molecule has 1 aliphatic heterocycles. The third-order valence-electron chi connectivity index (χ3n) is 2.09. The van der Waals surface area contributed by atoms with E-state index in [1.165, 1.54) is 12.8 Å². The highest BCUT2D eigenvalue weighted by Gasteiger charge is 2.19. The van der Waals surface area contributed by atoms with Crippen LogP contribution in [0.5, 0.6) is 0 Å². The number of aliphatic hydroxyl groups is 1. The smallest absolute Gasteiger partial charge is 0.120 e. The Labute approximate surface area is 68.6 Å². The fourth-order valence-corrected chi connectivity index (χ4v) is 1.48. The summed E-state index contributed by atoms with van der Waals surface area (Å²) in [7, 11) is 3.97. The van der Waals surface area contributed by atoms with Crippen LogP contribution in [0.1, 0.15) is 12.8 Å². The second kappa shape index (κ2) is 4.04. The average Bonchev–Trinajstić information content (AvgIpc) is 2.35. The third-order valence-corrected chi connectivity index (χ3v) is 2.09. The molecule has 3 nitrogen and oxygen atoms in total. The van der Waals surface area contributed by atoms with Gasteiger partial charge in [-0.1, -0.05) is 0 Å². The Morgan fingerprint density at radius 1 is 1.36 bits per heavy atom. The zero-order valence-electron chi connectivity index (χ0n) is 7.45. The summed E-state index contributed by atoms with van der Waals surface area (Å²) in [6.45, 7) is 2.88. The fourth-order valence-electron chi connectivity index (χ4n) is 1.48. The molecule has 0 radical (unpaired) electrons. The van der Waals surface area contributed by atoms with E-state index < -0.39 is 0 Å². The summed E-state index contributed by atoms with van der Waals surface area (Å²) in [6, 6.07) is 0. The summed E-state index contributed by atoms with van der Waals surface area (Å²) >= 11 is 0. The highest BCUT2D eigenvalue weighted by atomic mass is 16.3. The number of nitrogens with zero attached hydrogens (tertiary/aromatic N) is 2. The highest BCUT2D eigenvalue weighted by molar-refractivity contribution is 4.70. The lowest BCUT2D eigenvalue weighted by molar-refractivity contribution is 0.00234. The van der Waals surface area contributed by atoms with Gasteiger partial charge in [-0.3, -0.25) is 4.90 Å². The first-order valence-corrected chi connectivity index (χ1v) is 4.27. The van der Waals surface area contributed by atoms with E-state index in [-0.39, 0.29) is 6.23 Å². The first-order chi connectivity index (χ1) is 5.20. The minimum Gasteiger partial charge on any atom is -0.377 e. The van der Waals surface area contributed by atoms with Gasteiger partial charge in [-0.05, 0) is 26.9 Å². The lowest BCUT2D eigenvalue weighted by Crippen LogP contribution is -2.40. The van der Waals surface area contributed by atoms with Gasteiger partial charge < -0.3 is 10.0 Å². The van der Waals surface area contributed by atoms with Crippen LogP contribution in [0.2, 0.25) is 0 Å². The van der Waals surface area contributed by atoms with Crippen LogP contribution in [-0.4, -0.2) is 54.9 Å². The quantitative estimate of drug-likeness (QED) is 0.624. The first kappa shape index (κ1) is 8.97. The number of likely N-dealkylation sites (tertiary alicyclic amines) is 1. The molecule has 1 atom stereocenters. The standard InChI is InChI=1S/C8H18N2O/c1-9(2)7-8(11)10-5-3-4-6-10/h8,11H,3-7H2,1-2H3. The number of hydrogen-bond acceptors (Lipinski definition) is 3. The Bertz CT molecular complexity index is 111. The van der Waals surface area contributed by atoms with Crippen molar-refractivity contribution in [2.75, 3.05) is 33.7 Å². The molecular formula is C8H18N2O. The molecule has 0 bridgehead atoms. The molecule has 11 heavy (non-hydrogen) atoms. The van der Waals surface area contributed by atoms with Crippen molar-refractivity contribution >= 4 is 0 Å². The molecule has 1 heterocycles. The molecule has 0 aliphatic carbocycles. The predicted octanol–water partition coefficient (Wildman–Crippen LogP) is -0.0378. The number of rotatable bonds is 3. The van der Waals surface area contributed by atoms with Crippen molar-refractivity contribution < 1.29 is 5.11 Å². The summed E-state index contributed by atoms with van der Waals surface area (Å²) in [6.07, 6.45) is 2.22. The molecule has 1 aliphatic rings. The highest BCUT2D eigenvalue weighted by Crippen LogP contribution is 2.10. The summed E-state index contributed by atoms with van der Waals surface area (Å²) in [5, 5.41) is 9.60. The summed E-state index contributed by atoms with van der Waals surface area (Å²) in [5.74, 6) is 0. The molecule has 3 heteroatoms. The van der Waals surface area contributed by atoms with Crippen molar-refractivity contribution in [2.45, 2.75) is 19.1 Å². The van der Waals surface area contributed by atoms with Crippen LogP contribution < -0.4 is 0 Å². The SMILES string of the molecule is CN(C)CC(O)N1CCCC1. The van der Waals surface area contributed by atoms with Gasteiger partial charge in [-0.2, -0.15) is 0 Å². The van der Waals surface area contributed by atoms with Crippen molar-refractivity contribution in [1.82, 2.24) is 9.80 Å². The monoisotopic (exact) mass is 158 g/mol. The van der Waals surface area contributed by atoms with Gasteiger partial charge in [0.25, 0.3) is 0 Å². The molecule has 0 amide bonds. The van der Waals surface area contributed by atoms with Crippen molar-refractivity contribution in [3.8, 4) is 0 Å². The van der Waals surface area contributed by atoms with Crippen LogP contribution in [0, 0.1) is 0 Å². The molecular weight excluding hydrogens is 140 g/mol. The Morgan fingerprint density at radius 2 is 1.91 bits per heavy atom. The van der Waals surface area contributed by atoms with Crippen LogP contribution in [-0.2, 0) is 0 Å². The molecule has 1 N–H and O–H groups in total. The largest absolute Gasteiger partial charge is 0.377 e. The number of aliphatic hydroxyl groups excluding tert-OH is 1. The molecule has 1 saturated heterocycles. The number of hydrogen-bond donors (Lipinski definition) is 1. The predicted molar refractivity (Wildman–Crippen MR) is 45.4 cm³/mol. The van der Waals surface area contributed by atoms with E-state index in [1.807, 2.05) is 19.0 Å². The minimum atomic E-state index is -0.257. The van der Waals surface area contributed by atoms with Crippen LogP contribution in [0.4, 0.5) is 0 Å². The average molecular weight is 158 g/mol. The van der Waals surface area contributed by atoms with E-state index in [9.17, 15) is 5.11 Å². The van der Waals surface area contributed by atoms with E-state index in [4.69, 9.17) is 0 Å². The zero-order valence-corrected chi connectivity index (χ0v) is 7.45. The van der Waals surface area contributed by atoms with Gasteiger partial charge in [-0.25, -0.2) is 0 Å². The molecule has 1 rings (SSSR count). The summed E-state index contributed by atoms with van der Waals surface area (Å²) < 4.78 is 0. The summed E-state index contributed by atoms with van der Waals surface area (Å²) in [5.41, 5.74) is 0. The fraction of sp³-hybridized carbons (Fsp3) is 1.00. The van der Waals surface area contributed by atoms with Gasteiger partial charge in [0, 0.05) is 19.6 Å². The van der Waals surface area contributed by atoms with E-state index in [2.05, 4.69) is 4.90 Å². The van der Waals surface area contributed by atoms with Crippen LogP contribution in [0.15, 0.2) is 0 Å². The molecule has 0 saturated carbocycles. The van der Waals surface area contributed by atoms with Crippen LogP contribution in [0.3, 0.4) is 0 Å². The van der Waals surface area contributed by atoms with Crippen molar-refractivity contribution in [1.29, 1.82) is 0 Å². The van der Waals surface area contributed by atoms with Crippen molar-refractivity contribution in [3.63, 3.8) is 0 Å². The Hall–Kier alpha value is -0.120. The maximum Gasteiger partial charge on any atom is 0.120 e. The van der Waals surface area contributed by atoms with Gasteiger partial charge in [0.05, 0.1) is 0 Å². The second-order valence-corrected chi connectivity index (χ2v) is 3.49. The van der Waals surface area contributed by atoms with Gasteiger partial charge >= 0.3 is 0 Å². The zero-order chi connectivity index (χ0) is 8.27. The van der Waals surface area contributed by atoms with Gasteiger partial charge in [-0.15, -0.1) is 0 Å². The van der Waals surface area contributed by atoms with Crippen molar-refractivity contribution in [3.05, 3.63) is 0 Å². The van der Waals surface area contributed by atoms with E-state index >= 15 is 0 Å². The van der Waals surface area contributed by atoms with Gasteiger partial charge in [0.1, 0.15) is 6.23 Å². The topological polar surface area (TPSA) is 26.7 Å². The normalized spacial score (nSPS) is 22.9. The maximum absolute atomic E-state index is 9.60. The number of likely N-dealkylation sites (N-methyl/N-ethyl adjacent to an activating group) is 1. The molecule has 0 aromatic rings. The molecule has 0 aromatic carbocycles. The minimum absolute atomic E-state index is 0.257. The lowest BCUT2D eigenvalue weighted by Gasteiger charge is -2.24. The maximum atomic E-state index is 9.60. The van der Waals surface area contributed by atoms with Crippen LogP contribution in [0.25, 0.3) is 0 Å². The summed E-state index contributed by atoms with van der Waals surface area (Å²) in [4.78, 5) is 4.16. The Morgan fingerprint density at radius 3 is 2.36 bits per heavy atom. The van der Waals surface area contributed by atoms with Crippen LogP contribution >= 0.6 is 0 Å². The van der Waals surface area contributed by atoms with Gasteiger partial charge in [0.2, 0.25) is 0 Å². The molecule has 66 valence electrons. The molecule has 0 spiro atoms. The van der Waals surface area contributed by atoms with E-state index in [1.54, 1.807) is 0 Å². The first-order valence-electron chi connectivity index (χ1n) is 4.27.